The van der Waals surface area contributed by atoms with Gasteiger partial charge in [-0.15, -0.1) is 0 Å². The van der Waals surface area contributed by atoms with Crippen molar-refractivity contribution in [3.05, 3.63) is 65.0 Å². The molecular formula is C17H19N3O. The normalized spacial score (nSPS) is 14.6. The molecule has 0 saturated carbocycles. The number of carbonyl (C=O) groups excluding carboxylic acids is 1. The number of pyridine rings is 1. The summed E-state index contributed by atoms with van der Waals surface area (Å²) in [5, 5.41) is 3.30. The highest BCUT2D eigenvalue weighted by molar-refractivity contribution is 5.94. The zero-order chi connectivity index (χ0) is 14.8. The first-order chi connectivity index (χ1) is 10.2. The lowest BCUT2D eigenvalue weighted by atomic mass is 10.0. The molecule has 1 aromatic carbocycles. The van der Waals surface area contributed by atoms with Gasteiger partial charge in [-0.25, -0.2) is 0 Å². The summed E-state index contributed by atoms with van der Waals surface area (Å²) in [5.41, 5.74) is 4.35. The van der Waals surface area contributed by atoms with Crippen LogP contribution < -0.4 is 5.32 Å². The zero-order valence-corrected chi connectivity index (χ0v) is 12.3. The Balaban J connectivity index is 1.81. The number of hydrogen-bond donors (Lipinski definition) is 1. The molecule has 1 N–H and O–H groups in total. The van der Waals surface area contributed by atoms with Gasteiger partial charge in [0.1, 0.15) is 0 Å². The van der Waals surface area contributed by atoms with Gasteiger partial charge in [0, 0.05) is 38.1 Å². The van der Waals surface area contributed by atoms with Crippen molar-refractivity contribution in [1.29, 1.82) is 0 Å². The van der Waals surface area contributed by atoms with Gasteiger partial charge in [0.15, 0.2) is 0 Å². The number of aromatic nitrogens is 1. The molecule has 0 bridgehead atoms. The van der Waals surface area contributed by atoms with E-state index in [1.807, 2.05) is 44.3 Å². The lowest BCUT2D eigenvalue weighted by molar-refractivity contribution is 0.0742. The maximum atomic E-state index is 12.6. The number of benzene rings is 1. The number of carbonyl (C=O) groups is 1. The largest absolute Gasteiger partial charge is 0.335 e. The highest BCUT2D eigenvalue weighted by atomic mass is 16.2. The van der Waals surface area contributed by atoms with E-state index < -0.39 is 0 Å². The lowest BCUT2D eigenvalue weighted by Crippen LogP contribution is -2.29. The average molecular weight is 281 g/mol. The van der Waals surface area contributed by atoms with Crippen LogP contribution in [-0.4, -0.2) is 22.8 Å². The molecule has 2 heterocycles. The maximum absolute atomic E-state index is 12.6. The summed E-state index contributed by atoms with van der Waals surface area (Å²) in [7, 11) is 1.85. The van der Waals surface area contributed by atoms with Crippen molar-refractivity contribution >= 4 is 5.91 Å². The molecule has 0 saturated heterocycles. The Morgan fingerprint density at radius 2 is 1.90 bits per heavy atom. The van der Waals surface area contributed by atoms with Crippen LogP contribution >= 0.6 is 0 Å². The number of fused-ring (bicyclic) bond motifs is 1. The molecule has 4 heteroatoms. The maximum Gasteiger partial charge on any atom is 0.254 e. The minimum Gasteiger partial charge on any atom is -0.335 e. The Morgan fingerprint density at radius 1 is 1.19 bits per heavy atom. The molecule has 1 aliphatic heterocycles. The topological polar surface area (TPSA) is 45.2 Å². The van der Waals surface area contributed by atoms with Gasteiger partial charge in [-0.1, -0.05) is 6.07 Å². The van der Waals surface area contributed by atoms with Gasteiger partial charge >= 0.3 is 0 Å². The standard InChI is InChI=1S/C17H19N3O/c1-12(13-5-7-18-8-6-13)20(2)17(21)14-3-4-15-10-19-11-16(15)9-14/h3-9,12,19H,10-11H2,1-2H3. The molecule has 3 rings (SSSR count). The first-order valence-electron chi connectivity index (χ1n) is 7.16. The number of nitrogens with one attached hydrogen (secondary N) is 1. The van der Waals surface area contributed by atoms with Crippen LogP contribution in [0.1, 0.15) is 40.0 Å². The minimum atomic E-state index is 0.0203. The number of nitrogens with zero attached hydrogens (tertiary/aromatic N) is 2. The summed E-state index contributed by atoms with van der Waals surface area (Å²) in [6.07, 6.45) is 3.51. The van der Waals surface area contributed by atoms with Crippen molar-refractivity contribution in [2.75, 3.05) is 7.05 Å². The van der Waals surface area contributed by atoms with E-state index in [0.717, 1.165) is 24.2 Å². The van der Waals surface area contributed by atoms with E-state index in [2.05, 4.69) is 10.3 Å². The first-order valence-corrected chi connectivity index (χ1v) is 7.16. The fraction of sp³-hybridized carbons (Fsp3) is 0.294. The molecule has 0 fully saturated rings. The second kappa shape index (κ2) is 5.66. The summed E-state index contributed by atoms with van der Waals surface area (Å²) in [6, 6.07) is 9.89. The minimum absolute atomic E-state index is 0.0203. The van der Waals surface area contributed by atoms with Crippen LogP contribution in [0.15, 0.2) is 42.7 Å². The van der Waals surface area contributed by atoms with Crippen LogP contribution in [0.25, 0.3) is 0 Å². The van der Waals surface area contributed by atoms with Gasteiger partial charge < -0.3 is 10.2 Å². The fourth-order valence-electron chi connectivity index (χ4n) is 2.67. The summed E-state index contributed by atoms with van der Waals surface area (Å²) < 4.78 is 0. The molecule has 1 atom stereocenters. The van der Waals surface area contributed by atoms with Crippen LogP contribution in [0.3, 0.4) is 0 Å². The van der Waals surface area contributed by atoms with Crippen LogP contribution in [0, 0.1) is 0 Å². The van der Waals surface area contributed by atoms with E-state index in [1.165, 1.54) is 11.1 Å². The van der Waals surface area contributed by atoms with Crippen LogP contribution in [0.5, 0.6) is 0 Å². The van der Waals surface area contributed by atoms with Gasteiger partial charge in [0.05, 0.1) is 6.04 Å². The van der Waals surface area contributed by atoms with Crippen LogP contribution in [-0.2, 0) is 13.1 Å². The van der Waals surface area contributed by atoms with Gasteiger partial charge in [-0.2, -0.15) is 0 Å². The molecule has 0 spiro atoms. The Morgan fingerprint density at radius 3 is 2.67 bits per heavy atom. The highest BCUT2D eigenvalue weighted by Crippen LogP contribution is 2.22. The van der Waals surface area contributed by atoms with Gasteiger partial charge in [0.25, 0.3) is 5.91 Å². The Kier molecular flexibility index (Phi) is 3.71. The van der Waals surface area contributed by atoms with Gasteiger partial charge in [-0.3, -0.25) is 9.78 Å². The summed E-state index contributed by atoms with van der Waals surface area (Å²) in [5.74, 6) is 0.0500. The zero-order valence-electron chi connectivity index (χ0n) is 12.3. The molecule has 1 amide bonds. The van der Waals surface area contributed by atoms with Gasteiger partial charge in [0.2, 0.25) is 0 Å². The lowest BCUT2D eigenvalue weighted by Gasteiger charge is -2.25. The van der Waals surface area contributed by atoms with Gasteiger partial charge in [-0.05, 0) is 47.9 Å². The van der Waals surface area contributed by atoms with E-state index in [-0.39, 0.29) is 11.9 Å². The Bertz CT molecular complexity index is 654. The SMILES string of the molecule is CC(c1ccncc1)N(C)C(=O)c1ccc2c(c1)CNC2. The highest BCUT2D eigenvalue weighted by Gasteiger charge is 2.20. The van der Waals surface area contributed by atoms with E-state index in [4.69, 9.17) is 0 Å². The second-order valence-electron chi connectivity index (χ2n) is 5.46. The smallest absolute Gasteiger partial charge is 0.254 e. The monoisotopic (exact) mass is 281 g/mol. The third-order valence-electron chi connectivity index (χ3n) is 4.17. The summed E-state index contributed by atoms with van der Waals surface area (Å²) in [6.45, 7) is 3.77. The predicted octanol–water partition coefficient (Wildman–Crippen LogP) is 2.52. The number of amides is 1. The average Bonchev–Trinajstić information content (AvgIpc) is 3.01. The van der Waals surface area contributed by atoms with Crippen molar-refractivity contribution in [2.45, 2.75) is 26.1 Å². The molecular weight excluding hydrogens is 262 g/mol. The molecule has 1 aromatic heterocycles. The molecule has 0 aliphatic carbocycles. The Labute approximate surface area is 124 Å². The van der Waals surface area contributed by atoms with E-state index in [0.29, 0.717) is 0 Å². The summed E-state index contributed by atoms with van der Waals surface area (Å²) >= 11 is 0. The van der Waals surface area contributed by atoms with Crippen molar-refractivity contribution in [2.24, 2.45) is 0 Å². The quantitative estimate of drug-likeness (QED) is 0.940. The van der Waals surface area contributed by atoms with E-state index in [9.17, 15) is 4.79 Å². The Hall–Kier alpha value is -2.20. The molecule has 1 aliphatic rings. The number of hydrogen-bond acceptors (Lipinski definition) is 3. The second-order valence-corrected chi connectivity index (χ2v) is 5.46. The van der Waals surface area contributed by atoms with E-state index >= 15 is 0 Å². The van der Waals surface area contributed by atoms with E-state index in [1.54, 1.807) is 17.3 Å². The molecule has 21 heavy (non-hydrogen) atoms. The van der Waals surface area contributed by atoms with Crippen molar-refractivity contribution in [1.82, 2.24) is 15.2 Å². The van der Waals surface area contributed by atoms with Crippen molar-refractivity contribution < 1.29 is 4.79 Å². The third-order valence-corrected chi connectivity index (χ3v) is 4.17. The predicted molar refractivity (Wildman–Crippen MR) is 81.7 cm³/mol. The van der Waals surface area contributed by atoms with Crippen molar-refractivity contribution in [3.63, 3.8) is 0 Å². The third kappa shape index (κ3) is 2.67. The van der Waals surface area contributed by atoms with Crippen molar-refractivity contribution in [3.8, 4) is 0 Å². The summed E-state index contributed by atoms with van der Waals surface area (Å²) in [4.78, 5) is 18.4. The molecule has 0 radical (unpaired) electrons. The molecule has 4 nitrogen and oxygen atoms in total. The molecule has 2 aromatic rings. The number of rotatable bonds is 3. The first kappa shape index (κ1) is 13.8. The fourth-order valence-corrected chi connectivity index (χ4v) is 2.67. The van der Waals surface area contributed by atoms with Crippen LogP contribution in [0.4, 0.5) is 0 Å². The van der Waals surface area contributed by atoms with Crippen LogP contribution in [0.2, 0.25) is 0 Å². The molecule has 108 valence electrons. The molecule has 1 unspecified atom stereocenters.